The van der Waals surface area contributed by atoms with Gasteiger partial charge in [0.1, 0.15) is 0 Å². The average Bonchev–Trinajstić information content (AvgIpc) is 2.19. The van der Waals surface area contributed by atoms with Gasteiger partial charge in [0.05, 0.1) is 5.69 Å². The molecule has 1 aromatic rings. The lowest BCUT2D eigenvalue weighted by Gasteiger charge is -1.99. The van der Waals surface area contributed by atoms with Crippen LogP contribution < -0.4 is 0 Å². The summed E-state index contributed by atoms with van der Waals surface area (Å²) in [6.07, 6.45) is 3.03. The molecule has 0 heterocycles. The highest BCUT2D eigenvalue weighted by Crippen LogP contribution is 2.20. The molecule has 0 saturated heterocycles. The zero-order valence-corrected chi connectivity index (χ0v) is 9.38. The minimum absolute atomic E-state index is 0.903. The summed E-state index contributed by atoms with van der Waals surface area (Å²) in [4.78, 5) is 3.88. The molecular formula is C13H19N. The molecule has 0 N–H and O–H groups in total. The summed E-state index contributed by atoms with van der Waals surface area (Å²) in [5.41, 5.74) is 3.13. The first-order valence-electron chi connectivity index (χ1n) is 4.89. The zero-order chi connectivity index (χ0) is 11.0. The highest BCUT2D eigenvalue weighted by molar-refractivity contribution is 5.65. The Kier molecular flexibility index (Phi) is 6.38. The topological polar surface area (TPSA) is 12.4 Å². The predicted molar refractivity (Wildman–Crippen MR) is 66.4 cm³/mol. The van der Waals surface area contributed by atoms with Crippen LogP contribution in [0.1, 0.15) is 31.4 Å². The normalized spacial score (nSPS) is 8.50. The van der Waals surface area contributed by atoms with Gasteiger partial charge in [-0.25, -0.2) is 0 Å². The van der Waals surface area contributed by atoms with E-state index in [9.17, 15) is 0 Å². The van der Waals surface area contributed by atoms with Gasteiger partial charge in [0.25, 0.3) is 0 Å². The molecule has 1 rings (SSSR count). The molecule has 0 aliphatic rings. The molecular weight excluding hydrogens is 170 g/mol. The van der Waals surface area contributed by atoms with Gasteiger partial charge in [-0.2, -0.15) is 0 Å². The Morgan fingerprint density at radius 2 is 1.93 bits per heavy atom. The zero-order valence-electron chi connectivity index (χ0n) is 9.38. The Balaban J connectivity index is 0.000000500. The van der Waals surface area contributed by atoms with Crippen molar-refractivity contribution in [1.82, 2.24) is 0 Å². The van der Waals surface area contributed by atoms with E-state index in [0.29, 0.717) is 0 Å². The molecule has 0 unspecified atom stereocenters. The number of benzene rings is 1. The van der Waals surface area contributed by atoms with Crippen molar-refractivity contribution in [3.05, 3.63) is 35.9 Å². The van der Waals surface area contributed by atoms with E-state index in [1.807, 2.05) is 25.1 Å². The van der Waals surface area contributed by atoms with Gasteiger partial charge >= 0.3 is 0 Å². The summed E-state index contributed by atoms with van der Waals surface area (Å²) in [7, 11) is 0. The molecule has 0 saturated carbocycles. The molecule has 0 aromatic heterocycles. The van der Waals surface area contributed by atoms with Crippen molar-refractivity contribution in [1.29, 1.82) is 0 Å². The first kappa shape index (κ1) is 12.6. The van der Waals surface area contributed by atoms with Gasteiger partial charge < -0.3 is 0 Å². The van der Waals surface area contributed by atoms with Gasteiger partial charge in [0.15, 0.2) is 0 Å². The van der Waals surface area contributed by atoms with Crippen LogP contribution in [-0.4, -0.2) is 6.72 Å². The molecule has 1 nitrogen and oxygen atoms in total. The quantitative estimate of drug-likeness (QED) is 0.612. The molecule has 0 aliphatic heterocycles. The smallest absolute Gasteiger partial charge is 0.0697 e. The van der Waals surface area contributed by atoms with E-state index in [-0.39, 0.29) is 0 Å². The molecule has 0 fully saturated rings. The van der Waals surface area contributed by atoms with Crippen LogP contribution in [0.2, 0.25) is 0 Å². The third kappa shape index (κ3) is 4.04. The van der Waals surface area contributed by atoms with E-state index >= 15 is 0 Å². The Bertz CT molecular complexity index is 300. The van der Waals surface area contributed by atoms with Crippen LogP contribution in [0.3, 0.4) is 0 Å². The molecule has 0 aliphatic carbocycles. The number of hydrogen-bond donors (Lipinski definition) is 0. The minimum Gasteiger partial charge on any atom is -0.264 e. The summed E-state index contributed by atoms with van der Waals surface area (Å²) in [5, 5.41) is 0. The maximum absolute atomic E-state index is 3.88. The summed E-state index contributed by atoms with van der Waals surface area (Å²) in [6.45, 7) is 13.4. The highest BCUT2D eigenvalue weighted by atomic mass is 14.7. The number of rotatable bonds is 2. The van der Waals surface area contributed by atoms with Crippen molar-refractivity contribution in [3.8, 4) is 0 Å². The SMILES string of the molecule is C=Cc1ccc(C)cc1N=C.CCC. The van der Waals surface area contributed by atoms with Crippen LogP contribution in [0.5, 0.6) is 0 Å². The molecule has 0 spiro atoms. The third-order valence-corrected chi connectivity index (χ3v) is 1.58. The van der Waals surface area contributed by atoms with Gasteiger partial charge in [-0.15, -0.1) is 0 Å². The van der Waals surface area contributed by atoms with Crippen LogP contribution in [0, 0.1) is 6.92 Å². The highest BCUT2D eigenvalue weighted by Gasteiger charge is 1.94. The van der Waals surface area contributed by atoms with Crippen LogP contribution in [0.4, 0.5) is 5.69 Å². The van der Waals surface area contributed by atoms with Crippen molar-refractivity contribution in [2.24, 2.45) is 4.99 Å². The lowest BCUT2D eigenvalue weighted by molar-refractivity contribution is 1.09. The molecule has 76 valence electrons. The first-order valence-corrected chi connectivity index (χ1v) is 4.89. The van der Waals surface area contributed by atoms with Gasteiger partial charge in [0.2, 0.25) is 0 Å². The fourth-order valence-electron chi connectivity index (χ4n) is 0.963. The molecule has 0 bridgehead atoms. The average molecular weight is 189 g/mol. The van der Waals surface area contributed by atoms with E-state index in [2.05, 4.69) is 32.1 Å². The van der Waals surface area contributed by atoms with E-state index < -0.39 is 0 Å². The Labute approximate surface area is 87.2 Å². The summed E-state index contributed by atoms with van der Waals surface area (Å²) < 4.78 is 0. The molecule has 1 heteroatoms. The lowest BCUT2D eigenvalue weighted by Crippen LogP contribution is -1.75. The van der Waals surface area contributed by atoms with Gasteiger partial charge in [-0.1, -0.05) is 45.1 Å². The second-order valence-electron chi connectivity index (χ2n) is 3.13. The van der Waals surface area contributed by atoms with E-state index in [1.165, 1.54) is 12.0 Å². The van der Waals surface area contributed by atoms with Crippen molar-refractivity contribution >= 4 is 18.5 Å². The van der Waals surface area contributed by atoms with Crippen molar-refractivity contribution in [2.45, 2.75) is 27.2 Å². The van der Waals surface area contributed by atoms with Gasteiger partial charge in [-0.05, 0) is 30.8 Å². The van der Waals surface area contributed by atoms with E-state index in [0.717, 1.165) is 11.3 Å². The molecule has 1 aromatic carbocycles. The van der Waals surface area contributed by atoms with Crippen molar-refractivity contribution in [2.75, 3.05) is 0 Å². The molecule has 0 amide bonds. The molecule has 0 atom stereocenters. The van der Waals surface area contributed by atoms with Crippen LogP contribution in [0.25, 0.3) is 6.08 Å². The minimum atomic E-state index is 0.903. The maximum atomic E-state index is 3.88. The van der Waals surface area contributed by atoms with Gasteiger partial charge in [0, 0.05) is 0 Å². The first-order chi connectivity index (χ1) is 6.69. The Morgan fingerprint density at radius 1 is 1.36 bits per heavy atom. The largest absolute Gasteiger partial charge is 0.264 e. The second kappa shape index (κ2) is 7.07. The van der Waals surface area contributed by atoms with Crippen LogP contribution >= 0.6 is 0 Å². The summed E-state index contributed by atoms with van der Waals surface area (Å²) >= 11 is 0. The number of aryl methyl sites for hydroxylation is 1. The van der Waals surface area contributed by atoms with Crippen LogP contribution in [0.15, 0.2) is 29.8 Å². The lowest BCUT2D eigenvalue weighted by atomic mass is 10.1. The fraction of sp³-hybridized carbons (Fsp3) is 0.308. The number of nitrogens with zero attached hydrogens (tertiary/aromatic N) is 1. The van der Waals surface area contributed by atoms with E-state index in [1.54, 1.807) is 6.08 Å². The number of aliphatic imine (C=N–C) groups is 1. The summed E-state index contributed by atoms with van der Waals surface area (Å²) in [6, 6.07) is 6.02. The number of hydrogen-bond acceptors (Lipinski definition) is 1. The van der Waals surface area contributed by atoms with Gasteiger partial charge in [-0.3, -0.25) is 4.99 Å². The Hall–Kier alpha value is -1.37. The fourth-order valence-corrected chi connectivity index (χ4v) is 0.963. The molecule has 0 radical (unpaired) electrons. The van der Waals surface area contributed by atoms with Crippen molar-refractivity contribution in [3.63, 3.8) is 0 Å². The van der Waals surface area contributed by atoms with Crippen LogP contribution in [-0.2, 0) is 0 Å². The summed E-state index contributed by atoms with van der Waals surface area (Å²) in [5.74, 6) is 0. The predicted octanol–water partition coefficient (Wildman–Crippen LogP) is 4.39. The third-order valence-electron chi connectivity index (χ3n) is 1.58. The second-order valence-corrected chi connectivity index (χ2v) is 3.13. The molecule has 14 heavy (non-hydrogen) atoms. The maximum Gasteiger partial charge on any atom is 0.0697 e. The van der Waals surface area contributed by atoms with Crippen molar-refractivity contribution < 1.29 is 0 Å². The standard InChI is InChI=1S/C10H11N.C3H8/c1-4-9-6-5-8(2)7-10(9)11-3;1-3-2/h4-7H,1,3H2,2H3;3H2,1-2H3. The van der Waals surface area contributed by atoms with E-state index in [4.69, 9.17) is 0 Å². The Morgan fingerprint density at radius 3 is 2.36 bits per heavy atom. The monoisotopic (exact) mass is 189 g/mol.